The van der Waals surface area contributed by atoms with Gasteiger partial charge in [0.25, 0.3) is 0 Å². The number of esters is 1. The molecule has 1 saturated carbocycles. The standard InChI is InChI=1S/C22H26N2O4.ClH/c1-27-22(26)17-10-11-20(28-14-15-6-3-2-4-7-15)19(12-17)24-21(25)13-16-8-5-9-18(16)23;/h2-4,6-7,10-12,16,18H,5,8-9,13-14,23H2,1H3,(H,24,25);1H/t16-,18+;/m0./s1. The van der Waals surface area contributed by atoms with Crippen LogP contribution in [0.1, 0.15) is 41.6 Å². The van der Waals surface area contributed by atoms with Crippen molar-refractivity contribution in [2.45, 2.75) is 38.3 Å². The molecule has 0 saturated heterocycles. The molecule has 0 heterocycles. The van der Waals surface area contributed by atoms with Gasteiger partial charge < -0.3 is 20.5 Å². The molecule has 7 heteroatoms. The van der Waals surface area contributed by atoms with E-state index >= 15 is 0 Å². The second-order valence-corrected chi connectivity index (χ2v) is 7.08. The fraction of sp³-hybridized carbons (Fsp3) is 0.364. The number of hydrogen-bond donors (Lipinski definition) is 2. The van der Waals surface area contributed by atoms with Crippen LogP contribution in [-0.4, -0.2) is 25.0 Å². The largest absolute Gasteiger partial charge is 0.487 e. The first-order valence-electron chi connectivity index (χ1n) is 9.51. The highest BCUT2D eigenvalue weighted by atomic mass is 35.5. The van der Waals surface area contributed by atoms with Crippen molar-refractivity contribution in [3.05, 3.63) is 59.7 Å². The van der Waals surface area contributed by atoms with E-state index in [-0.39, 0.29) is 30.3 Å². The molecule has 2 aromatic carbocycles. The van der Waals surface area contributed by atoms with Crippen molar-refractivity contribution in [1.29, 1.82) is 0 Å². The van der Waals surface area contributed by atoms with Crippen molar-refractivity contribution in [3.8, 4) is 5.75 Å². The number of rotatable bonds is 7. The third-order valence-electron chi connectivity index (χ3n) is 5.08. The molecule has 29 heavy (non-hydrogen) atoms. The maximum absolute atomic E-state index is 12.6. The zero-order chi connectivity index (χ0) is 19.9. The van der Waals surface area contributed by atoms with Crippen LogP contribution in [0.3, 0.4) is 0 Å². The lowest BCUT2D eigenvalue weighted by atomic mass is 10.00. The van der Waals surface area contributed by atoms with Crippen LogP contribution in [0, 0.1) is 5.92 Å². The molecular formula is C22H27ClN2O4. The van der Waals surface area contributed by atoms with Gasteiger partial charge in [-0.2, -0.15) is 0 Å². The third kappa shape index (κ3) is 6.21. The Morgan fingerprint density at radius 1 is 1.14 bits per heavy atom. The summed E-state index contributed by atoms with van der Waals surface area (Å²) in [5, 5.41) is 2.89. The normalized spacial score (nSPS) is 17.9. The molecule has 0 aromatic heterocycles. The van der Waals surface area contributed by atoms with Gasteiger partial charge in [-0.3, -0.25) is 4.79 Å². The molecule has 0 bridgehead atoms. The summed E-state index contributed by atoms with van der Waals surface area (Å²) in [4.78, 5) is 24.4. The Morgan fingerprint density at radius 3 is 2.55 bits per heavy atom. The summed E-state index contributed by atoms with van der Waals surface area (Å²) in [5.41, 5.74) is 7.89. The summed E-state index contributed by atoms with van der Waals surface area (Å²) >= 11 is 0. The van der Waals surface area contributed by atoms with Crippen molar-refractivity contribution in [2.75, 3.05) is 12.4 Å². The number of carbonyl (C=O) groups excluding carboxylic acids is 2. The van der Waals surface area contributed by atoms with Crippen molar-refractivity contribution in [3.63, 3.8) is 0 Å². The summed E-state index contributed by atoms with van der Waals surface area (Å²) < 4.78 is 10.7. The van der Waals surface area contributed by atoms with Crippen molar-refractivity contribution in [1.82, 2.24) is 0 Å². The zero-order valence-electron chi connectivity index (χ0n) is 16.4. The maximum atomic E-state index is 12.6. The Labute approximate surface area is 177 Å². The van der Waals surface area contributed by atoms with Gasteiger partial charge in [0.05, 0.1) is 18.4 Å². The number of ether oxygens (including phenoxy) is 2. The maximum Gasteiger partial charge on any atom is 0.337 e. The lowest BCUT2D eigenvalue weighted by Crippen LogP contribution is -2.28. The number of benzene rings is 2. The molecule has 6 nitrogen and oxygen atoms in total. The van der Waals surface area contributed by atoms with E-state index in [1.807, 2.05) is 30.3 Å². The monoisotopic (exact) mass is 418 g/mol. The van der Waals surface area contributed by atoms with Crippen LogP contribution in [0.25, 0.3) is 0 Å². The smallest absolute Gasteiger partial charge is 0.337 e. The van der Waals surface area contributed by atoms with Gasteiger partial charge in [0.15, 0.2) is 0 Å². The molecule has 156 valence electrons. The van der Waals surface area contributed by atoms with Crippen LogP contribution >= 0.6 is 12.4 Å². The molecule has 3 rings (SSSR count). The second kappa shape index (κ2) is 10.8. The zero-order valence-corrected chi connectivity index (χ0v) is 17.2. The number of hydrogen-bond acceptors (Lipinski definition) is 5. The highest BCUT2D eigenvalue weighted by Crippen LogP contribution is 2.30. The summed E-state index contributed by atoms with van der Waals surface area (Å²) in [5.74, 6) is 0.0925. The summed E-state index contributed by atoms with van der Waals surface area (Å²) in [6, 6.07) is 14.7. The van der Waals surface area contributed by atoms with E-state index in [0.29, 0.717) is 30.0 Å². The topological polar surface area (TPSA) is 90.6 Å². The SMILES string of the molecule is COC(=O)c1ccc(OCc2ccccc2)c(NC(=O)C[C@@H]2CCC[C@H]2N)c1.Cl. The quantitative estimate of drug-likeness (QED) is 0.665. The average molecular weight is 419 g/mol. The van der Waals surface area contributed by atoms with E-state index in [1.165, 1.54) is 7.11 Å². The van der Waals surface area contributed by atoms with E-state index in [0.717, 1.165) is 24.8 Å². The van der Waals surface area contributed by atoms with E-state index < -0.39 is 5.97 Å². The number of nitrogens with two attached hydrogens (primary N) is 1. The minimum absolute atomic E-state index is 0. The number of amides is 1. The molecule has 2 atom stereocenters. The van der Waals surface area contributed by atoms with Crippen LogP contribution in [0.4, 0.5) is 5.69 Å². The van der Waals surface area contributed by atoms with Gasteiger partial charge in [-0.1, -0.05) is 36.8 Å². The Balaban J connectivity index is 0.00000300. The number of anilines is 1. The Kier molecular flexibility index (Phi) is 8.49. The molecule has 2 aromatic rings. The van der Waals surface area contributed by atoms with Gasteiger partial charge >= 0.3 is 5.97 Å². The van der Waals surface area contributed by atoms with Crippen molar-refractivity contribution < 1.29 is 19.1 Å². The fourth-order valence-corrected chi connectivity index (χ4v) is 3.49. The second-order valence-electron chi connectivity index (χ2n) is 7.08. The molecule has 0 radical (unpaired) electrons. The summed E-state index contributed by atoms with van der Waals surface area (Å²) in [6.45, 7) is 0.356. The van der Waals surface area contributed by atoms with E-state index in [4.69, 9.17) is 15.2 Å². The minimum atomic E-state index is -0.470. The predicted molar refractivity (Wildman–Crippen MR) is 114 cm³/mol. The minimum Gasteiger partial charge on any atom is -0.487 e. The fourth-order valence-electron chi connectivity index (χ4n) is 3.49. The number of carbonyl (C=O) groups is 2. The molecule has 1 aliphatic rings. The van der Waals surface area contributed by atoms with Gasteiger partial charge in [-0.25, -0.2) is 4.79 Å². The van der Waals surface area contributed by atoms with Gasteiger partial charge in [-0.15, -0.1) is 12.4 Å². The Bertz CT molecular complexity index is 829. The summed E-state index contributed by atoms with van der Waals surface area (Å²) in [6.07, 6.45) is 3.35. The molecular weight excluding hydrogens is 392 g/mol. The lowest BCUT2D eigenvalue weighted by molar-refractivity contribution is -0.117. The first-order valence-corrected chi connectivity index (χ1v) is 9.51. The molecule has 0 spiro atoms. The lowest BCUT2D eigenvalue weighted by Gasteiger charge is -2.17. The van der Waals surface area contributed by atoms with Crippen LogP contribution < -0.4 is 15.8 Å². The van der Waals surface area contributed by atoms with Gasteiger partial charge in [0.2, 0.25) is 5.91 Å². The number of halogens is 1. The van der Waals surface area contributed by atoms with Crippen LogP contribution in [-0.2, 0) is 16.1 Å². The van der Waals surface area contributed by atoms with Gasteiger partial charge in [-0.05, 0) is 42.5 Å². The van der Waals surface area contributed by atoms with E-state index in [1.54, 1.807) is 18.2 Å². The van der Waals surface area contributed by atoms with Gasteiger partial charge in [0, 0.05) is 12.5 Å². The van der Waals surface area contributed by atoms with Crippen LogP contribution in [0.5, 0.6) is 5.75 Å². The molecule has 1 fully saturated rings. The number of methoxy groups -OCH3 is 1. The third-order valence-corrected chi connectivity index (χ3v) is 5.08. The van der Waals surface area contributed by atoms with Crippen LogP contribution in [0.2, 0.25) is 0 Å². The summed E-state index contributed by atoms with van der Waals surface area (Å²) in [7, 11) is 1.32. The van der Waals surface area contributed by atoms with Crippen molar-refractivity contribution in [2.24, 2.45) is 11.7 Å². The van der Waals surface area contributed by atoms with Crippen LogP contribution in [0.15, 0.2) is 48.5 Å². The van der Waals surface area contributed by atoms with E-state index in [2.05, 4.69) is 5.32 Å². The first kappa shape index (κ1) is 22.7. The van der Waals surface area contributed by atoms with E-state index in [9.17, 15) is 9.59 Å². The first-order chi connectivity index (χ1) is 13.6. The predicted octanol–water partition coefficient (Wildman–Crippen LogP) is 3.93. The molecule has 3 N–H and O–H groups in total. The molecule has 1 aliphatic carbocycles. The Hall–Kier alpha value is -2.57. The van der Waals surface area contributed by atoms with Crippen molar-refractivity contribution >= 4 is 30.0 Å². The number of nitrogens with one attached hydrogen (secondary N) is 1. The average Bonchev–Trinajstić information content (AvgIpc) is 3.11. The van der Waals surface area contributed by atoms with Gasteiger partial charge in [0.1, 0.15) is 12.4 Å². The highest BCUT2D eigenvalue weighted by molar-refractivity contribution is 5.96. The molecule has 0 aliphatic heterocycles. The molecule has 1 amide bonds. The highest BCUT2D eigenvalue weighted by Gasteiger charge is 2.26. The molecule has 0 unspecified atom stereocenters. The Morgan fingerprint density at radius 2 is 1.90 bits per heavy atom.